The van der Waals surface area contributed by atoms with Gasteiger partial charge in [0.25, 0.3) is 0 Å². The summed E-state index contributed by atoms with van der Waals surface area (Å²) in [6.07, 6.45) is 3.65. The first-order chi connectivity index (χ1) is 13.2. The van der Waals surface area contributed by atoms with Crippen LogP contribution in [0.5, 0.6) is 5.75 Å². The highest BCUT2D eigenvalue weighted by Gasteiger charge is 2.19. The molecule has 8 nitrogen and oxygen atoms in total. The third kappa shape index (κ3) is 3.24. The summed E-state index contributed by atoms with van der Waals surface area (Å²) in [5.41, 5.74) is 0.563. The molecule has 0 saturated heterocycles. The predicted molar refractivity (Wildman–Crippen MR) is 97.3 cm³/mol. The van der Waals surface area contributed by atoms with E-state index < -0.39 is 23.3 Å². The molecule has 4 rings (SSSR count). The number of hydrogen-bond acceptors (Lipinski definition) is 5. The van der Waals surface area contributed by atoms with Gasteiger partial charge in [-0.2, -0.15) is 5.10 Å². The second kappa shape index (κ2) is 6.25. The Hall–Kier alpha value is -3.56. The number of ether oxygens (including phenoxy) is 1. The molecule has 0 aliphatic rings. The number of aromatic nitrogens is 5. The number of rotatable bonds is 2. The van der Waals surface area contributed by atoms with Gasteiger partial charge in [-0.05, 0) is 26.8 Å². The molecule has 0 atom stereocenters. The van der Waals surface area contributed by atoms with Crippen LogP contribution < -0.4 is 10.1 Å². The number of halogens is 2. The number of nitrogens with one attached hydrogen (secondary N) is 2. The fourth-order valence-corrected chi connectivity index (χ4v) is 2.67. The molecule has 0 fully saturated rings. The fourth-order valence-electron chi connectivity index (χ4n) is 2.67. The lowest BCUT2D eigenvalue weighted by molar-refractivity contribution is 0.191. The summed E-state index contributed by atoms with van der Waals surface area (Å²) in [6, 6.07) is 2.09. The van der Waals surface area contributed by atoms with Crippen molar-refractivity contribution in [2.24, 2.45) is 0 Å². The Labute approximate surface area is 157 Å². The second-order valence-corrected chi connectivity index (χ2v) is 7.22. The summed E-state index contributed by atoms with van der Waals surface area (Å²) >= 11 is 0. The second-order valence-electron chi connectivity index (χ2n) is 7.22. The van der Waals surface area contributed by atoms with Crippen molar-refractivity contribution in [2.45, 2.75) is 26.3 Å². The molecule has 0 saturated carbocycles. The van der Waals surface area contributed by atoms with Crippen molar-refractivity contribution in [1.82, 2.24) is 30.0 Å². The molecule has 3 aromatic heterocycles. The molecule has 28 heavy (non-hydrogen) atoms. The minimum absolute atomic E-state index is 0.180. The Morgan fingerprint density at radius 2 is 1.96 bits per heavy atom. The molecule has 0 aliphatic heterocycles. The number of carbonyl (C=O) groups is 1. The van der Waals surface area contributed by atoms with Crippen LogP contribution in [0.4, 0.5) is 13.6 Å². The van der Waals surface area contributed by atoms with Gasteiger partial charge in [0, 0.05) is 23.2 Å². The van der Waals surface area contributed by atoms with Crippen LogP contribution in [0.25, 0.3) is 27.9 Å². The van der Waals surface area contributed by atoms with Crippen LogP contribution in [0.15, 0.2) is 30.7 Å². The van der Waals surface area contributed by atoms with Crippen LogP contribution in [-0.4, -0.2) is 36.4 Å². The molecule has 0 bridgehead atoms. The van der Waals surface area contributed by atoms with E-state index in [-0.39, 0.29) is 11.6 Å². The maximum absolute atomic E-state index is 13.6. The molecule has 3 heterocycles. The van der Waals surface area contributed by atoms with Crippen molar-refractivity contribution in [3.05, 3.63) is 42.4 Å². The highest BCUT2D eigenvalue weighted by molar-refractivity contribution is 5.84. The molecular formula is C18H16F2N6O2. The van der Waals surface area contributed by atoms with Gasteiger partial charge >= 0.3 is 6.09 Å². The summed E-state index contributed by atoms with van der Waals surface area (Å²) in [4.78, 5) is 23.5. The Balaban J connectivity index is 1.74. The Morgan fingerprint density at radius 3 is 2.71 bits per heavy atom. The lowest BCUT2D eigenvalue weighted by atomic mass is 10.1. The van der Waals surface area contributed by atoms with E-state index in [1.54, 1.807) is 0 Å². The topological polar surface area (TPSA) is 97.7 Å². The van der Waals surface area contributed by atoms with Crippen molar-refractivity contribution < 1.29 is 18.3 Å². The quantitative estimate of drug-likeness (QED) is 0.550. The van der Waals surface area contributed by atoms with Crippen LogP contribution in [0.2, 0.25) is 0 Å². The average Bonchev–Trinajstić information content (AvgIpc) is 3.17. The van der Waals surface area contributed by atoms with Gasteiger partial charge in [0.1, 0.15) is 0 Å². The van der Waals surface area contributed by atoms with E-state index in [2.05, 4.69) is 25.4 Å². The van der Waals surface area contributed by atoms with Crippen LogP contribution >= 0.6 is 0 Å². The molecule has 0 spiro atoms. The third-order valence-corrected chi connectivity index (χ3v) is 3.84. The molecule has 4 aromatic rings. The van der Waals surface area contributed by atoms with E-state index in [1.807, 2.05) is 20.8 Å². The van der Waals surface area contributed by atoms with Crippen molar-refractivity contribution >= 4 is 28.2 Å². The normalized spacial score (nSPS) is 11.9. The molecule has 0 aliphatic carbocycles. The smallest absolute Gasteiger partial charge is 0.406 e. The van der Waals surface area contributed by atoms with Crippen molar-refractivity contribution in [3.63, 3.8) is 0 Å². The summed E-state index contributed by atoms with van der Waals surface area (Å²) in [5, 5.41) is 7.22. The van der Waals surface area contributed by atoms with Gasteiger partial charge in [0.05, 0.1) is 17.9 Å². The third-order valence-electron chi connectivity index (χ3n) is 3.84. The van der Waals surface area contributed by atoms with E-state index in [9.17, 15) is 13.6 Å². The maximum atomic E-state index is 13.6. The van der Waals surface area contributed by atoms with Crippen molar-refractivity contribution in [1.29, 1.82) is 0 Å². The van der Waals surface area contributed by atoms with Crippen LogP contribution in [-0.2, 0) is 0 Å². The predicted octanol–water partition coefficient (Wildman–Crippen LogP) is 3.46. The van der Waals surface area contributed by atoms with E-state index in [4.69, 9.17) is 4.74 Å². The van der Waals surface area contributed by atoms with Crippen molar-refractivity contribution in [3.8, 4) is 11.6 Å². The maximum Gasteiger partial charge on any atom is 0.413 e. The van der Waals surface area contributed by atoms with Crippen molar-refractivity contribution in [2.75, 3.05) is 0 Å². The Kier molecular flexibility index (Phi) is 3.98. The van der Waals surface area contributed by atoms with Crippen LogP contribution in [0.1, 0.15) is 20.8 Å². The monoisotopic (exact) mass is 386 g/mol. The largest absolute Gasteiger partial charge is 0.413 e. The number of amides is 1. The average molecular weight is 386 g/mol. The van der Waals surface area contributed by atoms with Gasteiger partial charge in [-0.25, -0.2) is 28.2 Å². The van der Waals surface area contributed by atoms with Gasteiger partial charge in [0.2, 0.25) is 0 Å². The summed E-state index contributed by atoms with van der Waals surface area (Å²) in [6.45, 7) is 5.48. The highest BCUT2D eigenvalue weighted by atomic mass is 19.2. The minimum Gasteiger partial charge on any atom is -0.406 e. The first kappa shape index (κ1) is 17.8. The molecule has 1 amide bonds. The number of hydrogen-bond donors (Lipinski definition) is 2. The number of carbonyl (C=O) groups excluding carboxylic acids is 1. The fraction of sp³-hybridized carbons (Fsp3) is 0.222. The Bertz CT molecular complexity index is 1210. The Morgan fingerprint density at radius 1 is 1.21 bits per heavy atom. The van der Waals surface area contributed by atoms with Gasteiger partial charge < -0.3 is 15.0 Å². The van der Waals surface area contributed by atoms with Gasteiger partial charge in [-0.1, -0.05) is 0 Å². The van der Waals surface area contributed by atoms with Gasteiger partial charge in [0.15, 0.2) is 34.4 Å². The minimum atomic E-state index is -0.993. The number of aromatic amines is 1. The zero-order valence-electron chi connectivity index (χ0n) is 15.2. The van der Waals surface area contributed by atoms with E-state index in [0.717, 1.165) is 12.1 Å². The van der Waals surface area contributed by atoms with Gasteiger partial charge in [-0.15, -0.1) is 0 Å². The van der Waals surface area contributed by atoms with E-state index >= 15 is 0 Å². The van der Waals surface area contributed by atoms with Crippen LogP contribution in [0, 0.1) is 11.6 Å². The molecule has 2 N–H and O–H groups in total. The van der Waals surface area contributed by atoms with Gasteiger partial charge in [-0.3, -0.25) is 0 Å². The highest BCUT2D eigenvalue weighted by Crippen LogP contribution is 2.25. The number of H-pyrrole nitrogens is 1. The van der Waals surface area contributed by atoms with E-state index in [0.29, 0.717) is 22.1 Å². The lowest BCUT2D eigenvalue weighted by Gasteiger charge is -2.19. The molecule has 0 unspecified atom stereocenters. The summed E-state index contributed by atoms with van der Waals surface area (Å²) < 4.78 is 33.7. The standard InChI is InChI=1S/C18H16F2N6O2/c1-18(2,3)25-17(27)28-13-7-21-16-15(13)24-14(8-22-16)26-12-5-11(20)10(19)4-9(12)6-23-26/h4-8H,1-3H3,(H,21,22)(H,25,27). The number of fused-ring (bicyclic) bond motifs is 2. The van der Waals surface area contributed by atoms with E-state index in [1.165, 1.54) is 23.3 Å². The summed E-state index contributed by atoms with van der Waals surface area (Å²) in [7, 11) is 0. The zero-order chi connectivity index (χ0) is 20.1. The molecule has 0 radical (unpaired) electrons. The molecule has 144 valence electrons. The van der Waals surface area contributed by atoms with Crippen LogP contribution in [0.3, 0.4) is 0 Å². The SMILES string of the molecule is CC(C)(C)NC(=O)Oc1c[nH]c2ncc(-n3ncc4cc(F)c(F)cc43)nc12. The lowest BCUT2D eigenvalue weighted by Crippen LogP contribution is -2.42. The molecule has 10 heteroatoms. The zero-order valence-corrected chi connectivity index (χ0v) is 15.2. The number of nitrogens with zero attached hydrogens (tertiary/aromatic N) is 4. The summed E-state index contributed by atoms with van der Waals surface area (Å²) in [5.74, 6) is -1.51. The first-order valence-electron chi connectivity index (χ1n) is 8.38. The molecular weight excluding hydrogens is 370 g/mol. The number of benzene rings is 1. The first-order valence-corrected chi connectivity index (χ1v) is 8.38. The molecule has 1 aromatic carbocycles.